The Hall–Kier alpha value is -3.82. The predicted octanol–water partition coefficient (Wildman–Crippen LogP) is 4.60. The first-order chi connectivity index (χ1) is 13.7. The average Bonchev–Trinajstić information content (AvgIpc) is 3.28. The van der Waals surface area contributed by atoms with Gasteiger partial charge in [-0.15, -0.1) is 11.3 Å². The summed E-state index contributed by atoms with van der Waals surface area (Å²) in [6.45, 7) is 0. The summed E-state index contributed by atoms with van der Waals surface area (Å²) >= 11 is 1.58. The number of hydrogen-bond acceptors (Lipinski definition) is 5. The van der Waals surface area contributed by atoms with Crippen LogP contribution in [0.4, 0.5) is 0 Å². The molecule has 28 heavy (non-hydrogen) atoms. The third kappa shape index (κ3) is 3.65. The van der Waals surface area contributed by atoms with Gasteiger partial charge < -0.3 is 0 Å². The van der Waals surface area contributed by atoms with Gasteiger partial charge in [0.25, 0.3) is 5.91 Å². The van der Waals surface area contributed by atoms with Crippen molar-refractivity contribution in [3.8, 4) is 16.6 Å². The summed E-state index contributed by atoms with van der Waals surface area (Å²) in [5.41, 5.74) is 5.98. The number of thiophene rings is 1. The van der Waals surface area contributed by atoms with E-state index >= 15 is 0 Å². The molecule has 0 aliphatic heterocycles. The van der Waals surface area contributed by atoms with Gasteiger partial charge in [-0.25, -0.2) is 10.4 Å². The number of hydrogen-bond donors (Lipinski definition) is 1. The minimum absolute atomic E-state index is 0.304. The van der Waals surface area contributed by atoms with E-state index in [9.17, 15) is 4.79 Å². The van der Waals surface area contributed by atoms with E-state index < -0.39 is 0 Å². The van der Waals surface area contributed by atoms with Crippen LogP contribution >= 0.6 is 11.3 Å². The Morgan fingerprint density at radius 3 is 2.68 bits per heavy atom. The van der Waals surface area contributed by atoms with Crippen molar-refractivity contribution in [3.63, 3.8) is 0 Å². The van der Waals surface area contributed by atoms with E-state index in [1.165, 1.54) is 0 Å². The highest BCUT2D eigenvalue weighted by Gasteiger charge is 2.13. The van der Waals surface area contributed by atoms with Crippen LogP contribution in [0.25, 0.3) is 21.5 Å². The summed E-state index contributed by atoms with van der Waals surface area (Å²) < 4.78 is 0. The van der Waals surface area contributed by atoms with Crippen molar-refractivity contribution in [2.45, 2.75) is 0 Å². The zero-order chi connectivity index (χ0) is 19.3. The number of aromatic nitrogens is 1. The zero-order valence-corrected chi connectivity index (χ0v) is 15.5. The smallest absolute Gasteiger partial charge is 0.267 e. The van der Waals surface area contributed by atoms with Crippen molar-refractivity contribution in [3.05, 3.63) is 88.8 Å². The highest BCUT2D eigenvalue weighted by molar-refractivity contribution is 7.13. The quantitative estimate of drug-likeness (QED) is 0.414. The molecule has 6 heteroatoms. The summed E-state index contributed by atoms with van der Waals surface area (Å²) in [5, 5.41) is 15.6. The second kappa shape index (κ2) is 7.82. The molecule has 0 aliphatic carbocycles. The molecule has 0 saturated carbocycles. The molecule has 0 bridgehead atoms. The van der Waals surface area contributed by atoms with Gasteiger partial charge in [0, 0.05) is 5.39 Å². The van der Waals surface area contributed by atoms with E-state index in [4.69, 9.17) is 5.26 Å². The molecule has 0 radical (unpaired) electrons. The van der Waals surface area contributed by atoms with Gasteiger partial charge in [0.2, 0.25) is 0 Å². The Morgan fingerprint density at radius 2 is 1.93 bits per heavy atom. The third-order valence-corrected chi connectivity index (χ3v) is 5.05. The number of fused-ring (bicyclic) bond motifs is 1. The molecule has 0 unspecified atom stereocenters. The fraction of sp³-hybridized carbons (Fsp3) is 0. The number of nitrogens with zero attached hydrogens (tertiary/aromatic N) is 3. The molecule has 2 aromatic heterocycles. The Labute approximate surface area is 165 Å². The second-order valence-corrected chi connectivity index (χ2v) is 6.93. The minimum atomic E-state index is -0.304. The number of benzene rings is 2. The van der Waals surface area contributed by atoms with Crippen molar-refractivity contribution >= 4 is 34.4 Å². The maximum atomic E-state index is 12.8. The molecule has 134 valence electrons. The highest BCUT2D eigenvalue weighted by Crippen LogP contribution is 2.27. The van der Waals surface area contributed by atoms with Gasteiger partial charge in [-0.05, 0) is 41.3 Å². The number of carbonyl (C=O) groups is 1. The number of para-hydroxylation sites is 1. The Kier molecular flexibility index (Phi) is 4.91. The van der Waals surface area contributed by atoms with Crippen LogP contribution in [0.1, 0.15) is 21.5 Å². The maximum absolute atomic E-state index is 12.8. The van der Waals surface area contributed by atoms with Crippen molar-refractivity contribution in [1.82, 2.24) is 10.4 Å². The standard InChI is InChI=1S/C22H14N4OS/c23-13-15-7-9-16(10-8-15)14-24-26-22(27)18-12-20(21-6-3-11-28-21)25-19-5-2-1-4-17(18)19/h1-12,14H,(H,26,27). The lowest BCUT2D eigenvalue weighted by molar-refractivity contribution is 0.0956. The SMILES string of the molecule is N#Cc1ccc(C=NNC(=O)c2cc(-c3cccs3)nc3ccccc23)cc1. The highest BCUT2D eigenvalue weighted by atomic mass is 32.1. The molecule has 1 amide bonds. The molecular formula is C22H14N4OS. The number of hydrazone groups is 1. The fourth-order valence-electron chi connectivity index (χ4n) is 2.78. The molecule has 2 heterocycles. The van der Waals surface area contributed by atoms with Crippen LogP contribution in [0.15, 0.2) is 77.2 Å². The van der Waals surface area contributed by atoms with Crippen LogP contribution in [0.3, 0.4) is 0 Å². The zero-order valence-electron chi connectivity index (χ0n) is 14.7. The fourth-order valence-corrected chi connectivity index (χ4v) is 3.47. The van der Waals surface area contributed by atoms with Gasteiger partial charge >= 0.3 is 0 Å². The monoisotopic (exact) mass is 382 g/mol. The predicted molar refractivity (Wildman–Crippen MR) is 111 cm³/mol. The average molecular weight is 382 g/mol. The van der Waals surface area contributed by atoms with Crippen molar-refractivity contribution in [1.29, 1.82) is 5.26 Å². The first kappa shape index (κ1) is 17.6. The number of nitrogens with one attached hydrogen (secondary N) is 1. The lowest BCUT2D eigenvalue weighted by atomic mass is 10.1. The molecule has 0 saturated heterocycles. The van der Waals surface area contributed by atoms with E-state index in [1.807, 2.05) is 41.8 Å². The molecule has 2 aromatic carbocycles. The molecule has 0 aliphatic rings. The van der Waals surface area contributed by atoms with Crippen LogP contribution in [0, 0.1) is 11.3 Å². The van der Waals surface area contributed by atoms with Gasteiger partial charge in [-0.3, -0.25) is 4.79 Å². The number of amides is 1. The molecule has 0 atom stereocenters. The van der Waals surface area contributed by atoms with Gasteiger partial charge in [0.05, 0.1) is 39.5 Å². The van der Waals surface area contributed by atoms with Crippen LogP contribution in [0.5, 0.6) is 0 Å². The lowest BCUT2D eigenvalue weighted by Crippen LogP contribution is -2.18. The van der Waals surface area contributed by atoms with Crippen molar-refractivity contribution in [2.75, 3.05) is 0 Å². The lowest BCUT2D eigenvalue weighted by Gasteiger charge is -2.07. The third-order valence-electron chi connectivity index (χ3n) is 4.15. The van der Waals surface area contributed by atoms with Crippen LogP contribution in [-0.4, -0.2) is 17.1 Å². The van der Waals surface area contributed by atoms with Crippen molar-refractivity contribution in [2.24, 2.45) is 5.10 Å². The first-order valence-corrected chi connectivity index (χ1v) is 9.40. The van der Waals surface area contributed by atoms with E-state index in [1.54, 1.807) is 47.9 Å². The second-order valence-electron chi connectivity index (χ2n) is 5.98. The van der Waals surface area contributed by atoms with Gasteiger partial charge in [0.1, 0.15) is 0 Å². The van der Waals surface area contributed by atoms with Gasteiger partial charge in [0.15, 0.2) is 0 Å². The summed E-state index contributed by atoms with van der Waals surface area (Å²) in [6.07, 6.45) is 1.54. The van der Waals surface area contributed by atoms with E-state index in [-0.39, 0.29) is 5.91 Å². The maximum Gasteiger partial charge on any atom is 0.272 e. The number of pyridine rings is 1. The minimum Gasteiger partial charge on any atom is -0.267 e. The van der Waals surface area contributed by atoms with Gasteiger partial charge in [-0.1, -0.05) is 36.4 Å². The molecule has 0 fully saturated rings. The summed E-state index contributed by atoms with van der Waals surface area (Å²) in [4.78, 5) is 18.5. The summed E-state index contributed by atoms with van der Waals surface area (Å²) in [5.74, 6) is -0.304. The van der Waals surface area contributed by atoms with Crippen LogP contribution < -0.4 is 5.43 Å². The number of rotatable bonds is 4. The number of carbonyl (C=O) groups excluding carboxylic acids is 1. The van der Waals surface area contributed by atoms with E-state index in [2.05, 4.69) is 21.6 Å². The summed E-state index contributed by atoms with van der Waals surface area (Å²) in [6, 6.07) is 22.3. The normalized spacial score (nSPS) is 10.8. The van der Waals surface area contributed by atoms with Crippen LogP contribution in [-0.2, 0) is 0 Å². The topological polar surface area (TPSA) is 78.1 Å². The number of nitriles is 1. The molecule has 0 spiro atoms. The molecule has 5 nitrogen and oxygen atoms in total. The Bertz CT molecular complexity index is 1210. The van der Waals surface area contributed by atoms with Crippen molar-refractivity contribution < 1.29 is 4.79 Å². The summed E-state index contributed by atoms with van der Waals surface area (Å²) in [7, 11) is 0. The molecule has 4 rings (SSSR count). The molecule has 4 aromatic rings. The Balaban J connectivity index is 1.62. The van der Waals surface area contributed by atoms with E-state index in [0.717, 1.165) is 27.0 Å². The van der Waals surface area contributed by atoms with Gasteiger partial charge in [-0.2, -0.15) is 10.4 Å². The first-order valence-electron chi connectivity index (χ1n) is 8.52. The molecule has 1 N–H and O–H groups in total. The van der Waals surface area contributed by atoms with E-state index in [0.29, 0.717) is 11.1 Å². The Morgan fingerprint density at radius 1 is 1.11 bits per heavy atom. The van der Waals surface area contributed by atoms with Crippen LogP contribution in [0.2, 0.25) is 0 Å². The largest absolute Gasteiger partial charge is 0.272 e. The molecular weight excluding hydrogens is 368 g/mol.